The Balaban J connectivity index is 1.75. The molecular formula is C21H21N5. The summed E-state index contributed by atoms with van der Waals surface area (Å²) >= 11 is 0. The summed E-state index contributed by atoms with van der Waals surface area (Å²) < 4.78 is 0. The molecule has 4 rings (SSSR count). The highest BCUT2D eigenvalue weighted by molar-refractivity contribution is 5.97. The van der Waals surface area contributed by atoms with E-state index in [9.17, 15) is 0 Å². The SMILES string of the molecule is CCCCNc1cccc(-c2n[nH]cc2-c2ccnc3ccccc23)n1. The van der Waals surface area contributed by atoms with Crippen LogP contribution < -0.4 is 5.32 Å². The molecule has 0 aliphatic carbocycles. The Morgan fingerprint density at radius 1 is 1.00 bits per heavy atom. The molecule has 0 aliphatic heterocycles. The number of benzene rings is 1. The number of hydrogen-bond donors (Lipinski definition) is 2. The van der Waals surface area contributed by atoms with Crippen LogP contribution in [0.25, 0.3) is 33.4 Å². The maximum Gasteiger partial charge on any atom is 0.126 e. The quantitative estimate of drug-likeness (QED) is 0.489. The van der Waals surface area contributed by atoms with Crippen molar-refractivity contribution in [2.24, 2.45) is 0 Å². The van der Waals surface area contributed by atoms with Crippen molar-refractivity contribution in [2.75, 3.05) is 11.9 Å². The second kappa shape index (κ2) is 7.35. The number of anilines is 1. The number of rotatable bonds is 6. The molecule has 0 fully saturated rings. The fourth-order valence-electron chi connectivity index (χ4n) is 3.08. The largest absolute Gasteiger partial charge is 0.370 e. The van der Waals surface area contributed by atoms with Gasteiger partial charge in [-0.2, -0.15) is 5.10 Å². The first kappa shape index (κ1) is 16.3. The van der Waals surface area contributed by atoms with Gasteiger partial charge in [-0.15, -0.1) is 0 Å². The van der Waals surface area contributed by atoms with Crippen LogP contribution in [0.2, 0.25) is 0 Å². The van der Waals surface area contributed by atoms with Crippen LogP contribution in [-0.2, 0) is 0 Å². The normalized spacial score (nSPS) is 11.0. The van der Waals surface area contributed by atoms with Crippen LogP contribution in [-0.4, -0.2) is 26.7 Å². The van der Waals surface area contributed by atoms with Crippen LogP contribution in [0.15, 0.2) is 60.9 Å². The first-order valence-electron chi connectivity index (χ1n) is 8.96. The number of H-pyrrole nitrogens is 1. The zero-order valence-electron chi connectivity index (χ0n) is 14.7. The summed E-state index contributed by atoms with van der Waals surface area (Å²) in [4.78, 5) is 9.20. The number of aromatic amines is 1. The minimum Gasteiger partial charge on any atom is -0.370 e. The topological polar surface area (TPSA) is 66.5 Å². The van der Waals surface area contributed by atoms with E-state index in [1.165, 1.54) is 0 Å². The van der Waals surface area contributed by atoms with Crippen LogP contribution in [0, 0.1) is 0 Å². The van der Waals surface area contributed by atoms with Gasteiger partial charge >= 0.3 is 0 Å². The second-order valence-corrected chi connectivity index (χ2v) is 6.21. The fraction of sp³-hybridized carbons (Fsp3) is 0.190. The molecule has 3 aromatic heterocycles. The van der Waals surface area contributed by atoms with Crippen molar-refractivity contribution >= 4 is 16.7 Å². The van der Waals surface area contributed by atoms with E-state index >= 15 is 0 Å². The summed E-state index contributed by atoms with van der Waals surface area (Å²) in [6, 6.07) is 16.2. The first-order chi connectivity index (χ1) is 12.9. The van der Waals surface area contributed by atoms with Gasteiger partial charge in [0.2, 0.25) is 0 Å². The molecule has 4 aromatic rings. The summed E-state index contributed by atoms with van der Waals surface area (Å²) in [7, 11) is 0. The summed E-state index contributed by atoms with van der Waals surface area (Å²) in [6.45, 7) is 3.11. The van der Waals surface area contributed by atoms with E-state index in [4.69, 9.17) is 4.98 Å². The molecule has 0 radical (unpaired) electrons. The molecule has 5 heteroatoms. The van der Waals surface area contributed by atoms with Gasteiger partial charge in [-0.1, -0.05) is 37.6 Å². The van der Waals surface area contributed by atoms with Gasteiger partial charge in [0.05, 0.1) is 11.2 Å². The van der Waals surface area contributed by atoms with E-state index in [0.29, 0.717) is 0 Å². The van der Waals surface area contributed by atoms with Crippen molar-refractivity contribution in [1.82, 2.24) is 20.2 Å². The average Bonchev–Trinajstić information content (AvgIpc) is 3.18. The number of aromatic nitrogens is 4. The highest BCUT2D eigenvalue weighted by Crippen LogP contribution is 2.33. The molecule has 1 aromatic carbocycles. The number of unbranched alkanes of at least 4 members (excludes halogenated alkanes) is 1. The molecule has 0 unspecified atom stereocenters. The molecule has 0 saturated heterocycles. The number of pyridine rings is 2. The number of hydrogen-bond acceptors (Lipinski definition) is 4. The highest BCUT2D eigenvalue weighted by atomic mass is 15.1. The summed E-state index contributed by atoms with van der Waals surface area (Å²) in [5, 5.41) is 12.0. The maximum atomic E-state index is 4.74. The summed E-state index contributed by atoms with van der Waals surface area (Å²) in [5.74, 6) is 0.879. The molecule has 0 saturated carbocycles. The van der Waals surface area contributed by atoms with Crippen molar-refractivity contribution in [3.63, 3.8) is 0 Å². The molecule has 2 N–H and O–H groups in total. The molecule has 0 aliphatic rings. The smallest absolute Gasteiger partial charge is 0.126 e. The van der Waals surface area contributed by atoms with Crippen LogP contribution in [0.5, 0.6) is 0 Å². The second-order valence-electron chi connectivity index (χ2n) is 6.21. The van der Waals surface area contributed by atoms with E-state index in [0.717, 1.165) is 58.6 Å². The maximum absolute atomic E-state index is 4.74. The Hall–Kier alpha value is -3.21. The summed E-state index contributed by atoms with van der Waals surface area (Å²) in [6.07, 6.45) is 6.05. The van der Waals surface area contributed by atoms with Gasteiger partial charge in [0.25, 0.3) is 0 Å². The lowest BCUT2D eigenvalue weighted by Gasteiger charge is -2.08. The van der Waals surface area contributed by atoms with E-state index in [-0.39, 0.29) is 0 Å². The number of nitrogens with one attached hydrogen (secondary N) is 2. The van der Waals surface area contributed by atoms with Crippen molar-refractivity contribution in [3.8, 4) is 22.5 Å². The molecule has 0 bridgehead atoms. The Labute approximate surface area is 152 Å². The van der Waals surface area contributed by atoms with Crippen LogP contribution >= 0.6 is 0 Å². The van der Waals surface area contributed by atoms with Crippen molar-refractivity contribution in [3.05, 3.63) is 60.9 Å². The molecule has 0 atom stereocenters. The van der Waals surface area contributed by atoms with Gasteiger partial charge < -0.3 is 5.32 Å². The zero-order chi connectivity index (χ0) is 17.8. The lowest BCUT2D eigenvalue weighted by atomic mass is 10.0. The van der Waals surface area contributed by atoms with Gasteiger partial charge in [0.1, 0.15) is 11.5 Å². The molecule has 3 heterocycles. The third kappa shape index (κ3) is 3.16. The van der Waals surface area contributed by atoms with E-state index in [2.05, 4.69) is 33.5 Å². The zero-order valence-corrected chi connectivity index (χ0v) is 14.7. The Bertz CT molecular complexity index is 1020. The Morgan fingerprint density at radius 3 is 2.85 bits per heavy atom. The molecule has 26 heavy (non-hydrogen) atoms. The van der Waals surface area contributed by atoms with Gasteiger partial charge in [-0.05, 0) is 36.2 Å². The Morgan fingerprint density at radius 2 is 1.92 bits per heavy atom. The van der Waals surface area contributed by atoms with E-state index in [1.807, 2.05) is 54.9 Å². The number of para-hydroxylation sites is 1. The lowest BCUT2D eigenvalue weighted by Crippen LogP contribution is -2.03. The van der Waals surface area contributed by atoms with Crippen LogP contribution in [0.1, 0.15) is 19.8 Å². The van der Waals surface area contributed by atoms with Crippen LogP contribution in [0.3, 0.4) is 0 Å². The fourth-order valence-corrected chi connectivity index (χ4v) is 3.08. The monoisotopic (exact) mass is 343 g/mol. The van der Waals surface area contributed by atoms with Crippen molar-refractivity contribution in [2.45, 2.75) is 19.8 Å². The molecule has 0 spiro atoms. The molecule has 0 amide bonds. The van der Waals surface area contributed by atoms with Crippen molar-refractivity contribution in [1.29, 1.82) is 0 Å². The van der Waals surface area contributed by atoms with Crippen LogP contribution in [0.4, 0.5) is 5.82 Å². The first-order valence-corrected chi connectivity index (χ1v) is 8.96. The van der Waals surface area contributed by atoms with Gasteiger partial charge in [0.15, 0.2) is 0 Å². The minimum absolute atomic E-state index is 0.848. The molecule has 5 nitrogen and oxygen atoms in total. The predicted octanol–water partition coefficient (Wildman–Crippen LogP) is 4.90. The van der Waals surface area contributed by atoms with Crippen molar-refractivity contribution < 1.29 is 0 Å². The lowest BCUT2D eigenvalue weighted by molar-refractivity contribution is 0.831. The van der Waals surface area contributed by atoms with E-state index < -0.39 is 0 Å². The van der Waals surface area contributed by atoms with Gasteiger partial charge in [-0.3, -0.25) is 10.1 Å². The van der Waals surface area contributed by atoms with Gasteiger partial charge in [0, 0.05) is 29.9 Å². The van der Waals surface area contributed by atoms with E-state index in [1.54, 1.807) is 0 Å². The van der Waals surface area contributed by atoms with Gasteiger partial charge in [-0.25, -0.2) is 4.98 Å². The summed E-state index contributed by atoms with van der Waals surface area (Å²) in [5.41, 5.74) is 4.80. The third-order valence-electron chi connectivity index (χ3n) is 4.41. The molecule has 130 valence electrons. The third-order valence-corrected chi connectivity index (χ3v) is 4.41. The molecular weight excluding hydrogens is 322 g/mol. The Kier molecular flexibility index (Phi) is 4.60. The minimum atomic E-state index is 0.848. The predicted molar refractivity (Wildman–Crippen MR) is 106 cm³/mol. The average molecular weight is 343 g/mol. The standard InChI is InChI=1S/C21H21N5/c1-2-3-12-23-20-10-6-9-19(25-20)21-17(14-24-26-21)15-11-13-22-18-8-5-4-7-16(15)18/h4-11,13-14H,2-3,12H2,1H3,(H,23,25)(H,24,26). The number of nitrogens with zero attached hydrogens (tertiary/aromatic N) is 3. The number of fused-ring (bicyclic) bond motifs is 1. The highest BCUT2D eigenvalue weighted by Gasteiger charge is 2.14.